The van der Waals surface area contributed by atoms with Crippen LogP contribution in [0.2, 0.25) is 0 Å². The zero-order chi connectivity index (χ0) is 22.6. The fourth-order valence-corrected chi connectivity index (χ4v) is 4.91. The first-order chi connectivity index (χ1) is 15.5. The summed E-state index contributed by atoms with van der Waals surface area (Å²) >= 11 is 0. The number of hydrogen-bond acceptors (Lipinski definition) is 1. The van der Waals surface area contributed by atoms with Crippen LogP contribution in [0.1, 0.15) is 82.4 Å². The summed E-state index contributed by atoms with van der Waals surface area (Å²) < 4.78 is 0. The van der Waals surface area contributed by atoms with Crippen molar-refractivity contribution in [1.29, 1.82) is 0 Å². The minimum atomic E-state index is 0.00182. The number of hydrogen-bond donors (Lipinski definition) is 1. The molecule has 1 aliphatic carbocycles. The van der Waals surface area contributed by atoms with Crippen LogP contribution in [0, 0.1) is 0 Å². The van der Waals surface area contributed by atoms with Crippen LogP contribution in [-0.4, -0.2) is 5.54 Å². The molecule has 0 bridgehead atoms. The maximum atomic E-state index is 3.89. The molecule has 0 radical (unpaired) electrons. The van der Waals surface area contributed by atoms with E-state index >= 15 is 0 Å². The molecular formula is C31H37N. The summed E-state index contributed by atoms with van der Waals surface area (Å²) in [6, 6.07) is 28.9. The Hall–Kier alpha value is -2.80. The molecule has 32 heavy (non-hydrogen) atoms. The van der Waals surface area contributed by atoms with Crippen molar-refractivity contribution in [2.45, 2.75) is 71.3 Å². The quantitative estimate of drug-likeness (QED) is 0.357. The predicted octanol–water partition coefficient (Wildman–Crippen LogP) is 8.68. The highest BCUT2D eigenvalue weighted by Crippen LogP contribution is 2.49. The molecule has 1 aliphatic rings. The molecule has 4 rings (SSSR count). The van der Waals surface area contributed by atoms with Gasteiger partial charge >= 0.3 is 0 Å². The largest absolute Gasteiger partial charge is 0.380 e. The lowest BCUT2D eigenvalue weighted by molar-refractivity contribution is 0.502. The van der Waals surface area contributed by atoms with Crippen LogP contribution < -0.4 is 5.32 Å². The minimum absolute atomic E-state index is 0.00182. The average molecular weight is 424 g/mol. The monoisotopic (exact) mass is 423 g/mol. The predicted molar refractivity (Wildman–Crippen MR) is 140 cm³/mol. The van der Waals surface area contributed by atoms with E-state index in [1.807, 2.05) is 0 Å². The van der Waals surface area contributed by atoms with Crippen LogP contribution in [-0.2, 0) is 0 Å². The molecule has 3 aromatic carbocycles. The zero-order valence-corrected chi connectivity index (χ0v) is 20.1. The number of fused-ring (bicyclic) bond motifs is 1. The Morgan fingerprint density at radius 3 is 2.00 bits per heavy atom. The second-order valence-electron chi connectivity index (χ2n) is 10.1. The number of unbranched alkanes of at least 4 members (excludes halogenated alkanes) is 3. The molecule has 0 aliphatic heterocycles. The second-order valence-corrected chi connectivity index (χ2v) is 10.1. The second kappa shape index (κ2) is 9.77. The summed E-state index contributed by atoms with van der Waals surface area (Å²) in [6.07, 6.45) is 6.38. The Morgan fingerprint density at radius 2 is 1.38 bits per heavy atom. The highest BCUT2D eigenvalue weighted by molar-refractivity contribution is 5.99. The Kier molecular flexibility index (Phi) is 6.84. The molecule has 0 saturated heterocycles. The van der Waals surface area contributed by atoms with Gasteiger partial charge in [-0.1, -0.05) is 105 Å². The van der Waals surface area contributed by atoms with E-state index in [1.165, 1.54) is 71.2 Å². The van der Waals surface area contributed by atoms with Crippen molar-refractivity contribution in [3.05, 3.63) is 95.6 Å². The van der Waals surface area contributed by atoms with Gasteiger partial charge in [-0.3, -0.25) is 0 Å². The van der Waals surface area contributed by atoms with Crippen LogP contribution in [0.4, 0.5) is 0 Å². The third-order valence-electron chi connectivity index (χ3n) is 6.35. The van der Waals surface area contributed by atoms with Crippen LogP contribution in [0.15, 0.2) is 78.9 Å². The molecule has 1 N–H and O–H groups in total. The van der Waals surface area contributed by atoms with Gasteiger partial charge in [0.25, 0.3) is 0 Å². The Morgan fingerprint density at radius 1 is 0.719 bits per heavy atom. The summed E-state index contributed by atoms with van der Waals surface area (Å²) in [4.78, 5) is 0. The Bertz CT molecular complexity index is 1050. The fourth-order valence-electron chi connectivity index (χ4n) is 4.91. The van der Waals surface area contributed by atoms with Crippen LogP contribution in [0.5, 0.6) is 0 Å². The van der Waals surface area contributed by atoms with E-state index < -0.39 is 0 Å². The normalized spacial score (nSPS) is 15.7. The number of benzene rings is 3. The van der Waals surface area contributed by atoms with E-state index in [4.69, 9.17) is 0 Å². The molecule has 0 heterocycles. The van der Waals surface area contributed by atoms with Crippen molar-refractivity contribution in [3.63, 3.8) is 0 Å². The van der Waals surface area contributed by atoms with E-state index in [9.17, 15) is 0 Å². The summed E-state index contributed by atoms with van der Waals surface area (Å²) in [7, 11) is 0. The molecule has 1 unspecified atom stereocenters. The van der Waals surface area contributed by atoms with Crippen molar-refractivity contribution < 1.29 is 0 Å². The van der Waals surface area contributed by atoms with Crippen molar-refractivity contribution in [1.82, 2.24) is 5.32 Å². The van der Waals surface area contributed by atoms with Gasteiger partial charge in [0.2, 0.25) is 0 Å². The van der Waals surface area contributed by atoms with Gasteiger partial charge in [0.1, 0.15) is 0 Å². The number of allylic oxidation sites excluding steroid dienone is 1. The van der Waals surface area contributed by atoms with E-state index in [0.29, 0.717) is 5.92 Å². The van der Waals surface area contributed by atoms with E-state index in [2.05, 4.69) is 112 Å². The standard InChI is InChI=1S/C31H37N/c1-5-6-7-14-19-26-28-22-25(23-15-10-8-11-16-23)20-21-27(28)30(32-31(2,3)4)29(26)24-17-12-9-13-18-24/h8-13,15-18,20-22,26,32H,5-7,14,19H2,1-4H3. The Labute approximate surface area is 194 Å². The molecule has 0 aromatic heterocycles. The maximum Gasteiger partial charge on any atom is 0.0465 e. The van der Waals surface area contributed by atoms with Gasteiger partial charge in [0, 0.05) is 22.7 Å². The van der Waals surface area contributed by atoms with Gasteiger partial charge in [-0.15, -0.1) is 0 Å². The topological polar surface area (TPSA) is 12.0 Å². The zero-order valence-electron chi connectivity index (χ0n) is 20.1. The van der Waals surface area contributed by atoms with Crippen molar-refractivity contribution in [3.8, 4) is 11.1 Å². The third-order valence-corrected chi connectivity index (χ3v) is 6.35. The first-order valence-electron chi connectivity index (χ1n) is 12.3. The first kappa shape index (κ1) is 22.4. The molecule has 1 atom stereocenters. The first-order valence-corrected chi connectivity index (χ1v) is 12.3. The van der Waals surface area contributed by atoms with Gasteiger partial charge in [0.05, 0.1) is 0 Å². The van der Waals surface area contributed by atoms with Crippen molar-refractivity contribution >= 4 is 11.3 Å². The molecule has 1 nitrogen and oxygen atoms in total. The van der Waals surface area contributed by atoms with Gasteiger partial charge in [-0.05, 0) is 61.1 Å². The van der Waals surface area contributed by atoms with E-state index in [0.717, 1.165) is 0 Å². The smallest absolute Gasteiger partial charge is 0.0465 e. The van der Waals surface area contributed by atoms with Gasteiger partial charge < -0.3 is 5.32 Å². The molecule has 0 saturated carbocycles. The van der Waals surface area contributed by atoms with Gasteiger partial charge in [-0.2, -0.15) is 0 Å². The van der Waals surface area contributed by atoms with Crippen LogP contribution >= 0.6 is 0 Å². The number of nitrogens with one attached hydrogen (secondary N) is 1. The molecule has 166 valence electrons. The summed E-state index contributed by atoms with van der Waals surface area (Å²) in [5.74, 6) is 0.428. The van der Waals surface area contributed by atoms with Crippen LogP contribution in [0.25, 0.3) is 22.4 Å². The highest BCUT2D eigenvalue weighted by atomic mass is 15.0. The lowest BCUT2D eigenvalue weighted by atomic mass is 9.85. The number of rotatable bonds is 8. The van der Waals surface area contributed by atoms with E-state index in [-0.39, 0.29) is 5.54 Å². The molecule has 0 spiro atoms. The lowest BCUT2D eigenvalue weighted by Gasteiger charge is -2.25. The summed E-state index contributed by atoms with van der Waals surface area (Å²) in [5.41, 5.74) is 9.59. The van der Waals surface area contributed by atoms with Gasteiger partial charge in [0.15, 0.2) is 0 Å². The average Bonchev–Trinajstić information content (AvgIpc) is 3.09. The summed E-state index contributed by atoms with van der Waals surface area (Å²) in [5, 5.41) is 3.89. The van der Waals surface area contributed by atoms with Crippen molar-refractivity contribution in [2.24, 2.45) is 0 Å². The van der Waals surface area contributed by atoms with E-state index in [1.54, 1.807) is 0 Å². The maximum absolute atomic E-state index is 3.89. The summed E-state index contributed by atoms with van der Waals surface area (Å²) in [6.45, 7) is 9.07. The molecule has 3 aromatic rings. The minimum Gasteiger partial charge on any atom is -0.380 e. The highest BCUT2D eigenvalue weighted by Gasteiger charge is 2.33. The molecule has 0 amide bonds. The molecule has 0 fully saturated rings. The van der Waals surface area contributed by atoms with Crippen molar-refractivity contribution in [2.75, 3.05) is 0 Å². The van der Waals surface area contributed by atoms with Crippen LogP contribution in [0.3, 0.4) is 0 Å². The Balaban J connectivity index is 1.83. The van der Waals surface area contributed by atoms with Gasteiger partial charge in [-0.25, -0.2) is 0 Å². The molecule has 1 heteroatoms. The molecular weight excluding hydrogens is 386 g/mol. The SMILES string of the molecule is CCCCCCC1C(c2ccccc2)=C(NC(C)(C)C)c2ccc(-c3ccccc3)cc21. The lowest BCUT2D eigenvalue weighted by Crippen LogP contribution is -2.34. The fraction of sp³-hybridized carbons (Fsp3) is 0.355. The third kappa shape index (κ3) is 4.99.